The number of thiophene rings is 1. The van der Waals surface area contributed by atoms with Crippen molar-refractivity contribution in [1.82, 2.24) is 4.90 Å². The zero-order valence-corrected chi connectivity index (χ0v) is 12.5. The molecule has 0 amide bonds. The summed E-state index contributed by atoms with van der Waals surface area (Å²) in [6, 6.07) is 4.10. The molecule has 0 N–H and O–H groups in total. The minimum absolute atomic E-state index is 0.00236. The molecule has 3 nitrogen and oxygen atoms in total. The summed E-state index contributed by atoms with van der Waals surface area (Å²) >= 11 is 1.68. The van der Waals surface area contributed by atoms with Crippen LogP contribution in [0.5, 0.6) is 0 Å². The zero-order chi connectivity index (χ0) is 13.6. The SMILES string of the molecule is CCC(C)(C=O)O[C@@H](CCN(C)C)c1cccs1. The minimum Gasteiger partial charge on any atom is -0.359 e. The van der Waals surface area contributed by atoms with Gasteiger partial charge in [-0.2, -0.15) is 0 Å². The highest BCUT2D eigenvalue weighted by Crippen LogP contribution is 2.31. The predicted octanol–water partition coefficient (Wildman–Crippen LogP) is 3.13. The van der Waals surface area contributed by atoms with E-state index in [4.69, 9.17) is 4.74 Å². The van der Waals surface area contributed by atoms with Crippen LogP contribution in [0.25, 0.3) is 0 Å². The van der Waals surface area contributed by atoms with Gasteiger partial charge in [-0.3, -0.25) is 0 Å². The number of rotatable bonds is 8. The Kier molecular flexibility index (Phi) is 5.99. The molecule has 18 heavy (non-hydrogen) atoms. The van der Waals surface area contributed by atoms with Gasteiger partial charge in [0.1, 0.15) is 5.60 Å². The lowest BCUT2D eigenvalue weighted by Gasteiger charge is -2.29. The van der Waals surface area contributed by atoms with Crippen LogP contribution in [0.4, 0.5) is 0 Å². The van der Waals surface area contributed by atoms with E-state index in [1.54, 1.807) is 11.3 Å². The summed E-state index contributed by atoms with van der Waals surface area (Å²) in [6.45, 7) is 4.78. The maximum absolute atomic E-state index is 11.2. The van der Waals surface area contributed by atoms with Gasteiger partial charge in [-0.05, 0) is 45.3 Å². The molecule has 4 heteroatoms. The lowest BCUT2D eigenvalue weighted by molar-refractivity contribution is -0.139. The summed E-state index contributed by atoms with van der Waals surface area (Å²) in [5.74, 6) is 0. The average Bonchev–Trinajstić information content (AvgIpc) is 2.87. The molecule has 0 aliphatic carbocycles. The van der Waals surface area contributed by atoms with Crippen LogP contribution >= 0.6 is 11.3 Å². The number of hydrogen-bond donors (Lipinski definition) is 0. The number of aldehydes is 1. The molecule has 102 valence electrons. The van der Waals surface area contributed by atoms with E-state index in [0.717, 1.165) is 19.3 Å². The van der Waals surface area contributed by atoms with Gasteiger partial charge in [-0.25, -0.2) is 0 Å². The van der Waals surface area contributed by atoms with E-state index in [0.29, 0.717) is 6.42 Å². The maximum atomic E-state index is 11.2. The molecule has 0 bridgehead atoms. The van der Waals surface area contributed by atoms with Crippen LogP contribution in [0.1, 0.15) is 37.7 Å². The Bertz CT molecular complexity index is 351. The largest absolute Gasteiger partial charge is 0.359 e. The van der Waals surface area contributed by atoms with Gasteiger partial charge in [0.15, 0.2) is 6.29 Å². The van der Waals surface area contributed by atoms with E-state index in [1.807, 2.05) is 39.4 Å². The monoisotopic (exact) mass is 269 g/mol. The first kappa shape index (κ1) is 15.3. The summed E-state index contributed by atoms with van der Waals surface area (Å²) in [5.41, 5.74) is -0.680. The van der Waals surface area contributed by atoms with Gasteiger partial charge in [0, 0.05) is 11.4 Å². The molecular weight excluding hydrogens is 246 g/mol. The van der Waals surface area contributed by atoms with Crippen molar-refractivity contribution in [3.05, 3.63) is 22.4 Å². The normalized spacial score (nSPS) is 16.5. The van der Waals surface area contributed by atoms with Gasteiger partial charge in [0.2, 0.25) is 0 Å². The van der Waals surface area contributed by atoms with Gasteiger partial charge < -0.3 is 14.4 Å². The molecule has 0 aliphatic heterocycles. The van der Waals surface area contributed by atoms with Crippen LogP contribution in [-0.2, 0) is 9.53 Å². The van der Waals surface area contributed by atoms with Crippen LogP contribution in [0.3, 0.4) is 0 Å². The second-order valence-corrected chi connectivity index (χ2v) is 5.98. The van der Waals surface area contributed by atoms with Gasteiger partial charge in [-0.15, -0.1) is 11.3 Å². The Hall–Kier alpha value is -0.710. The Labute approximate surface area is 114 Å². The van der Waals surface area contributed by atoms with E-state index >= 15 is 0 Å². The molecule has 0 saturated carbocycles. The molecule has 0 saturated heterocycles. The van der Waals surface area contributed by atoms with E-state index in [9.17, 15) is 4.79 Å². The van der Waals surface area contributed by atoms with Crippen LogP contribution < -0.4 is 0 Å². The van der Waals surface area contributed by atoms with Crippen molar-refractivity contribution in [3.8, 4) is 0 Å². The van der Waals surface area contributed by atoms with E-state index in [1.165, 1.54) is 4.88 Å². The summed E-state index contributed by atoms with van der Waals surface area (Å²) in [7, 11) is 4.09. The first-order chi connectivity index (χ1) is 8.50. The van der Waals surface area contributed by atoms with Crippen LogP contribution in [0.15, 0.2) is 17.5 Å². The summed E-state index contributed by atoms with van der Waals surface area (Å²) in [4.78, 5) is 14.5. The molecule has 0 aromatic carbocycles. The maximum Gasteiger partial charge on any atom is 0.151 e. The van der Waals surface area contributed by atoms with Crippen molar-refractivity contribution >= 4 is 17.6 Å². The smallest absolute Gasteiger partial charge is 0.151 e. The van der Waals surface area contributed by atoms with Gasteiger partial charge >= 0.3 is 0 Å². The highest BCUT2D eigenvalue weighted by atomic mass is 32.1. The summed E-state index contributed by atoms with van der Waals surface area (Å²) < 4.78 is 6.05. The van der Waals surface area contributed by atoms with Gasteiger partial charge in [0.25, 0.3) is 0 Å². The van der Waals surface area contributed by atoms with Crippen molar-refractivity contribution in [1.29, 1.82) is 0 Å². The summed E-state index contributed by atoms with van der Waals surface area (Å²) in [6.07, 6.45) is 2.52. The van der Waals surface area contributed by atoms with E-state index < -0.39 is 5.60 Å². The fourth-order valence-electron chi connectivity index (χ4n) is 1.63. The Balaban J connectivity index is 2.75. The van der Waals surface area contributed by atoms with Crippen LogP contribution in [0, 0.1) is 0 Å². The van der Waals surface area contributed by atoms with Crippen molar-refractivity contribution in [3.63, 3.8) is 0 Å². The number of hydrogen-bond acceptors (Lipinski definition) is 4. The summed E-state index contributed by atoms with van der Waals surface area (Å²) in [5, 5.41) is 2.05. The first-order valence-corrected chi connectivity index (χ1v) is 7.21. The Morgan fingerprint density at radius 3 is 2.72 bits per heavy atom. The third-order valence-corrected chi connectivity index (χ3v) is 4.03. The van der Waals surface area contributed by atoms with Crippen molar-refractivity contribution in [2.45, 2.75) is 38.4 Å². The number of carbonyl (C=O) groups excluding carboxylic acids is 1. The van der Waals surface area contributed by atoms with Crippen molar-refractivity contribution in [2.24, 2.45) is 0 Å². The lowest BCUT2D eigenvalue weighted by Crippen LogP contribution is -2.32. The zero-order valence-electron chi connectivity index (χ0n) is 11.7. The average molecular weight is 269 g/mol. The molecule has 0 radical (unpaired) electrons. The second kappa shape index (κ2) is 7.02. The fraction of sp³-hybridized carbons (Fsp3) is 0.643. The third kappa shape index (κ3) is 4.52. The first-order valence-electron chi connectivity index (χ1n) is 6.33. The minimum atomic E-state index is -0.680. The number of carbonyl (C=O) groups is 1. The molecule has 1 aromatic heterocycles. The quantitative estimate of drug-likeness (QED) is 0.679. The van der Waals surface area contributed by atoms with Crippen molar-refractivity contribution < 1.29 is 9.53 Å². The molecule has 0 fully saturated rings. The Morgan fingerprint density at radius 1 is 1.56 bits per heavy atom. The van der Waals surface area contributed by atoms with Crippen molar-refractivity contribution in [2.75, 3.05) is 20.6 Å². The van der Waals surface area contributed by atoms with Crippen LogP contribution in [-0.4, -0.2) is 37.4 Å². The number of ether oxygens (including phenoxy) is 1. The number of nitrogens with zero attached hydrogens (tertiary/aromatic N) is 1. The fourth-order valence-corrected chi connectivity index (χ4v) is 2.42. The highest BCUT2D eigenvalue weighted by Gasteiger charge is 2.27. The van der Waals surface area contributed by atoms with E-state index in [-0.39, 0.29) is 6.10 Å². The lowest BCUT2D eigenvalue weighted by atomic mass is 10.0. The van der Waals surface area contributed by atoms with Gasteiger partial charge in [0.05, 0.1) is 6.10 Å². The van der Waals surface area contributed by atoms with Gasteiger partial charge in [-0.1, -0.05) is 13.0 Å². The second-order valence-electron chi connectivity index (χ2n) is 5.00. The Morgan fingerprint density at radius 2 is 2.28 bits per heavy atom. The predicted molar refractivity (Wildman–Crippen MR) is 76.1 cm³/mol. The molecule has 0 spiro atoms. The van der Waals surface area contributed by atoms with E-state index in [2.05, 4.69) is 11.0 Å². The van der Waals surface area contributed by atoms with Crippen LogP contribution in [0.2, 0.25) is 0 Å². The molecule has 1 rings (SSSR count). The topological polar surface area (TPSA) is 29.5 Å². The highest BCUT2D eigenvalue weighted by molar-refractivity contribution is 7.10. The molecule has 1 heterocycles. The molecule has 1 aromatic rings. The molecule has 2 atom stereocenters. The third-order valence-electron chi connectivity index (χ3n) is 3.06. The molecule has 1 unspecified atom stereocenters. The molecule has 0 aliphatic rings. The molecular formula is C14H23NO2S. The standard InChI is InChI=1S/C14H23NO2S/c1-5-14(2,11-16)17-12(8-9-15(3)4)13-7-6-10-18-13/h6-7,10-12H,5,8-9H2,1-4H3/t12-,14?/m0/s1.